The van der Waals surface area contributed by atoms with Crippen LogP contribution in [-0.4, -0.2) is 43.7 Å². The Kier molecular flexibility index (Phi) is 8.75. The highest BCUT2D eigenvalue weighted by Gasteiger charge is 2.25. The molecule has 0 saturated carbocycles. The number of nitrogens with one attached hydrogen (secondary N) is 2. The van der Waals surface area contributed by atoms with E-state index in [0.717, 1.165) is 36.8 Å². The first-order chi connectivity index (χ1) is 13.2. The van der Waals surface area contributed by atoms with E-state index in [1.54, 1.807) is 19.4 Å². The molecule has 152 valence electrons. The molecule has 1 saturated heterocycles. The van der Waals surface area contributed by atoms with E-state index < -0.39 is 0 Å². The molecule has 1 fully saturated rings. The van der Waals surface area contributed by atoms with Crippen LogP contribution in [-0.2, 0) is 6.54 Å². The lowest BCUT2D eigenvalue weighted by atomic mass is 10.2. The maximum absolute atomic E-state index is 14.0. The molecule has 3 rings (SSSR count). The zero-order chi connectivity index (χ0) is 19.1. The fourth-order valence-corrected chi connectivity index (χ4v) is 3.14. The molecule has 6 nitrogen and oxygen atoms in total. The summed E-state index contributed by atoms with van der Waals surface area (Å²) in [4.78, 5) is 10.8. The zero-order valence-electron chi connectivity index (χ0n) is 16.2. The first-order valence-corrected chi connectivity index (χ1v) is 9.23. The highest BCUT2D eigenvalue weighted by Crippen LogP contribution is 2.20. The number of hydrogen-bond acceptors (Lipinski definition) is 4. The third-order valence-electron chi connectivity index (χ3n) is 4.47. The van der Waals surface area contributed by atoms with Gasteiger partial charge in [0.05, 0.1) is 13.7 Å². The molecule has 0 aliphatic carbocycles. The van der Waals surface area contributed by atoms with Crippen molar-refractivity contribution in [2.75, 3.05) is 31.6 Å². The quantitative estimate of drug-likeness (QED) is 0.363. The number of anilines is 1. The molecule has 2 aromatic rings. The van der Waals surface area contributed by atoms with Gasteiger partial charge in [-0.1, -0.05) is 12.1 Å². The SMILES string of the molecule is CCNC(=NCc1cccc(OC)c1)NC1CCN(c2ncccc2F)C1.I. The predicted octanol–water partition coefficient (Wildman–Crippen LogP) is 3.18. The van der Waals surface area contributed by atoms with Crippen LogP contribution in [0, 0.1) is 5.82 Å². The van der Waals surface area contributed by atoms with E-state index in [4.69, 9.17) is 4.74 Å². The lowest BCUT2D eigenvalue weighted by molar-refractivity contribution is 0.414. The van der Waals surface area contributed by atoms with Crippen LogP contribution in [0.2, 0.25) is 0 Å². The average molecular weight is 499 g/mol. The average Bonchev–Trinajstić information content (AvgIpc) is 3.15. The van der Waals surface area contributed by atoms with E-state index >= 15 is 0 Å². The van der Waals surface area contributed by atoms with Crippen molar-refractivity contribution in [1.29, 1.82) is 0 Å². The monoisotopic (exact) mass is 499 g/mol. The summed E-state index contributed by atoms with van der Waals surface area (Å²) in [5.74, 6) is 1.72. The minimum absolute atomic E-state index is 0. The second-order valence-electron chi connectivity index (χ2n) is 6.43. The van der Waals surface area contributed by atoms with Gasteiger partial charge in [-0.3, -0.25) is 0 Å². The van der Waals surface area contributed by atoms with Gasteiger partial charge < -0.3 is 20.3 Å². The van der Waals surface area contributed by atoms with Crippen LogP contribution in [0.4, 0.5) is 10.2 Å². The summed E-state index contributed by atoms with van der Waals surface area (Å²) in [7, 11) is 1.66. The molecule has 2 heterocycles. The van der Waals surface area contributed by atoms with Crippen molar-refractivity contribution in [2.24, 2.45) is 4.99 Å². The normalized spacial score (nSPS) is 16.5. The van der Waals surface area contributed by atoms with E-state index in [1.807, 2.05) is 36.1 Å². The molecular weight excluding hydrogens is 472 g/mol. The summed E-state index contributed by atoms with van der Waals surface area (Å²) in [6, 6.07) is 11.1. The number of guanidine groups is 1. The van der Waals surface area contributed by atoms with Crippen LogP contribution in [0.5, 0.6) is 5.75 Å². The Hall–Kier alpha value is -2.10. The van der Waals surface area contributed by atoms with Gasteiger partial charge in [0.1, 0.15) is 5.75 Å². The maximum atomic E-state index is 14.0. The molecule has 1 aliphatic rings. The van der Waals surface area contributed by atoms with Gasteiger partial charge in [-0.15, -0.1) is 24.0 Å². The topological polar surface area (TPSA) is 61.8 Å². The first kappa shape index (κ1) is 22.2. The highest BCUT2D eigenvalue weighted by atomic mass is 127. The minimum Gasteiger partial charge on any atom is -0.497 e. The molecule has 0 radical (unpaired) electrons. The number of methoxy groups -OCH3 is 1. The molecule has 1 aliphatic heterocycles. The van der Waals surface area contributed by atoms with Crippen molar-refractivity contribution in [3.8, 4) is 5.75 Å². The van der Waals surface area contributed by atoms with Crippen molar-refractivity contribution in [3.63, 3.8) is 0 Å². The van der Waals surface area contributed by atoms with Crippen molar-refractivity contribution >= 4 is 35.8 Å². The summed E-state index contributed by atoms with van der Waals surface area (Å²) < 4.78 is 19.2. The molecule has 0 spiro atoms. The molecule has 28 heavy (non-hydrogen) atoms. The van der Waals surface area contributed by atoms with Gasteiger partial charge in [0.25, 0.3) is 0 Å². The molecule has 1 unspecified atom stereocenters. The molecule has 0 amide bonds. The van der Waals surface area contributed by atoms with Gasteiger partial charge in [0, 0.05) is 31.9 Å². The first-order valence-electron chi connectivity index (χ1n) is 9.23. The Morgan fingerprint density at radius 2 is 2.21 bits per heavy atom. The number of aliphatic imine (C=N–C) groups is 1. The molecule has 1 aromatic heterocycles. The summed E-state index contributed by atoms with van der Waals surface area (Å²) in [5.41, 5.74) is 1.08. The summed E-state index contributed by atoms with van der Waals surface area (Å²) in [6.07, 6.45) is 2.53. The molecule has 1 atom stereocenters. The van der Waals surface area contributed by atoms with Crippen LogP contribution < -0.4 is 20.3 Å². The number of ether oxygens (including phenoxy) is 1. The Labute approximate surface area is 182 Å². The van der Waals surface area contributed by atoms with E-state index in [9.17, 15) is 4.39 Å². The fourth-order valence-electron chi connectivity index (χ4n) is 3.14. The van der Waals surface area contributed by atoms with Crippen LogP contribution in [0.15, 0.2) is 47.6 Å². The molecule has 2 N–H and O–H groups in total. The van der Waals surface area contributed by atoms with Crippen LogP contribution in [0.3, 0.4) is 0 Å². The van der Waals surface area contributed by atoms with Gasteiger partial charge in [0.15, 0.2) is 17.6 Å². The van der Waals surface area contributed by atoms with E-state index in [2.05, 4.69) is 20.6 Å². The van der Waals surface area contributed by atoms with Crippen molar-refractivity contribution in [2.45, 2.75) is 25.9 Å². The summed E-state index contributed by atoms with van der Waals surface area (Å²) in [6.45, 7) is 4.82. The lowest BCUT2D eigenvalue weighted by Gasteiger charge is -2.20. The van der Waals surface area contributed by atoms with Gasteiger partial charge in [-0.25, -0.2) is 14.4 Å². The third-order valence-corrected chi connectivity index (χ3v) is 4.47. The van der Waals surface area contributed by atoms with Gasteiger partial charge >= 0.3 is 0 Å². The van der Waals surface area contributed by atoms with Crippen molar-refractivity contribution in [1.82, 2.24) is 15.6 Å². The minimum atomic E-state index is -0.281. The van der Waals surface area contributed by atoms with Crippen molar-refractivity contribution in [3.05, 3.63) is 54.0 Å². The van der Waals surface area contributed by atoms with Crippen molar-refractivity contribution < 1.29 is 9.13 Å². The number of hydrogen-bond donors (Lipinski definition) is 2. The molecular formula is C20H27FIN5O. The number of benzene rings is 1. The molecule has 0 bridgehead atoms. The number of pyridine rings is 1. The predicted molar refractivity (Wildman–Crippen MR) is 121 cm³/mol. The Bertz CT molecular complexity index is 789. The number of rotatable bonds is 6. The van der Waals surface area contributed by atoms with E-state index in [1.165, 1.54) is 6.07 Å². The molecule has 8 heteroatoms. The zero-order valence-corrected chi connectivity index (χ0v) is 18.5. The van der Waals surface area contributed by atoms with Crippen LogP contribution in [0.25, 0.3) is 0 Å². The fraction of sp³-hybridized carbons (Fsp3) is 0.400. The maximum Gasteiger partial charge on any atom is 0.191 e. The Balaban J connectivity index is 0.00000280. The lowest BCUT2D eigenvalue weighted by Crippen LogP contribution is -2.44. The second-order valence-corrected chi connectivity index (χ2v) is 6.43. The largest absolute Gasteiger partial charge is 0.497 e. The summed E-state index contributed by atoms with van der Waals surface area (Å²) in [5, 5.41) is 6.72. The molecule has 1 aromatic carbocycles. The van der Waals surface area contributed by atoms with Gasteiger partial charge in [-0.2, -0.15) is 0 Å². The number of halogens is 2. The second kappa shape index (κ2) is 11.0. The van der Waals surface area contributed by atoms with Gasteiger partial charge in [0.2, 0.25) is 0 Å². The summed E-state index contributed by atoms with van der Waals surface area (Å²) >= 11 is 0. The smallest absolute Gasteiger partial charge is 0.191 e. The Morgan fingerprint density at radius 1 is 1.36 bits per heavy atom. The van der Waals surface area contributed by atoms with Crippen LogP contribution in [0.1, 0.15) is 18.9 Å². The van der Waals surface area contributed by atoms with Crippen LogP contribution >= 0.6 is 24.0 Å². The standard InChI is InChI=1S/C20H26FN5O.HI/c1-3-22-20(24-13-15-6-4-7-17(12-15)27-2)25-16-9-11-26(14-16)19-18(21)8-5-10-23-19;/h4-8,10,12,16H,3,9,11,13-14H2,1-2H3,(H2,22,24,25);1H. The Morgan fingerprint density at radius 3 is 2.96 bits per heavy atom. The van der Waals surface area contributed by atoms with E-state index in [-0.39, 0.29) is 35.8 Å². The van der Waals surface area contributed by atoms with E-state index in [0.29, 0.717) is 18.9 Å². The third kappa shape index (κ3) is 5.95. The number of nitrogens with zero attached hydrogens (tertiary/aromatic N) is 3. The van der Waals surface area contributed by atoms with Gasteiger partial charge in [-0.05, 0) is 43.2 Å². The highest BCUT2D eigenvalue weighted by molar-refractivity contribution is 14.0. The number of aromatic nitrogens is 1.